The lowest BCUT2D eigenvalue weighted by molar-refractivity contribution is 0.525. The van der Waals surface area contributed by atoms with Crippen molar-refractivity contribution in [1.82, 2.24) is 4.98 Å². The zero-order valence-electron chi connectivity index (χ0n) is 12.6. The van der Waals surface area contributed by atoms with E-state index in [1.807, 2.05) is 12.3 Å². The molecule has 4 heteroatoms. The maximum Gasteiger partial charge on any atom is 0.147 e. The van der Waals surface area contributed by atoms with Gasteiger partial charge in [0.05, 0.1) is 5.02 Å². The Kier molecular flexibility index (Phi) is 5.67. The molecule has 20 heavy (non-hydrogen) atoms. The van der Waals surface area contributed by atoms with E-state index in [2.05, 4.69) is 23.7 Å². The first kappa shape index (κ1) is 15.6. The number of nitrogens with zero attached hydrogens (tertiary/aromatic N) is 2. The van der Waals surface area contributed by atoms with Crippen molar-refractivity contribution in [2.24, 2.45) is 11.7 Å². The molecule has 0 atom stereocenters. The first-order chi connectivity index (χ1) is 9.63. The molecule has 1 aliphatic carbocycles. The van der Waals surface area contributed by atoms with Gasteiger partial charge in [0, 0.05) is 25.3 Å². The summed E-state index contributed by atoms with van der Waals surface area (Å²) in [5.74, 6) is 1.62. The number of halogens is 1. The summed E-state index contributed by atoms with van der Waals surface area (Å²) in [6.07, 6.45) is 8.14. The molecule has 1 aromatic rings. The third kappa shape index (κ3) is 3.64. The highest BCUT2D eigenvalue weighted by Gasteiger charge is 2.25. The number of hydrogen-bond acceptors (Lipinski definition) is 3. The lowest BCUT2D eigenvalue weighted by Crippen LogP contribution is -2.35. The summed E-state index contributed by atoms with van der Waals surface area (Å²) in [6, 6.07) is 2.51. The summed E-state index contributed by atoms with van der Waals surface area (Å²) < 4.78 is 0. The minimum atomic E-state index is 0.469. The molecule has 1 saturated carbocycles. The van der Waals surface area contributed by atoms with E-state index in [0.717, 1.165) is 22.9 Å². The van der Waals surface area contributed by atoms with Crippen LogP contribution in [0.2, 0.25) is 5.02 Å². The minimum Gasteiger partial charge on any atom is -0.352 e. The van der Waals surface area contributed by atoms with E-state index in [9.17, 15) is 0 Å². The quantitative estimate of drug-likeness (QED) is 0.863. The molecule has 112 valence electrons. The van der Waals surface area contributed by atoms with Crippen LogP contribution in [-0.4, -0.2) is 17.6 Å². The number of aromatic nitrogens is 1. The van der Waals surface area contributed by atoms with Crippen molar-refractivity contribution in [3.05, 3.63) is 22.8 Å². The molecule has 0 aromatic carbocycles. The lowest BCUT2D eigenvalue weighted by Gasteiger charge is -2.32. The van der Waals surface area contributed by atoms with Gasteiger partial charge in [0.15, 0.2) is 0 Å². The summed E-state index contributed by atoms with van der Waals surface area (Å²) in [5, 5.41) is 0.741. The van der Waals surface area contributed by atoms with Gasteiger partial charge in [0.1, 0.15) is 5.82 Å². The average molecular weight is 296 g/mol. The van der Waals surface area contributed by atoms with Crippen LogP contribution in [0.5, 0.6) is 0 Å². The van der Waals surface area contributed by atoms with Crippen LogP contribution in [0.1, 0.15) is 51.5 Å². The van der Waals surface area contributed by atoms with E-state index in [1.165, 1.54) is 32.1 Å². The molecule has 0 amide bonds. The highest BCUT2D eigenvalue weighted by Crippen LogP contribution is 2.33. The molecule has 0 saturated heterocycles. The number of pyridine rings is 1. The van der Waals surface area contributed by atoms with Crippen LogP contribution in [-0.2, 0) is 6.54 Å². The average Bonchev–Trinajstić information content (AvgIpc) is 2.94. The van der Waals surface area contributed by atoms with Gasteiger partial charge < -0.3 is 10.6 Å². The van der Waals surface area contributed by atoms with Crippen LogP contribution in [0.15, 0.2) is 12.3 Å². The van der Waals surface area contributed by atoms with Crippen LogP contribution in [0, 0.1) is 5.92 Å². The summed E-state index contributed by atoms with van der Waals surface area (Å²) in [5.41, 5.74) is 6.75. The van der Waals surface area contributed by atoms with Crippen molar-refractivity contribution in [2.75, 3.05) is 11.4 Å². The standard InChI is InChI=1S/C16H26ClN3/c1-12(2)8-10-20(14-5-3-4-6-14)16-15(17)13(11-18)7-9-19-16/h7,9,12,14H,3-6,8,10-11,18H2,1-2H3. The molecule has 0 bridgehead atoms. The first-order valence-corrected chi connectivity index (χ1v) is 8.11. The largest absolute Gasteiger partial charge is 0.352 e. The third-order valence-electron chi connectivity index (χ3n) is 4.16. The second-order valence-corrected chi connectivity index (χ2v) is 6.50. The van der Waals surface area contributed by atoms with Gasteiger partial charge >= 0.3 is 0 Å². The van der Waals surface area contributed by atoms with Crippen molar-refractivity contribution >= 4 is 17.4 Å². The Morgan fingerprint density at radius 1 is 1.40 bits per heavy atom. The zero-order valence-corrected chi connectivity index (χ0v) is 13.4. The fraction of sp³-hybridized carbons (Fsp3) is 0.688. The Labute approximate surface area is 127 Å². The summed E-state index contributed by atoms with van der Waals surface area (Å²) in [4.78, 5) is 6.97. The highest BCUT2D eigenvalue weighted by molar-refractivity contribution is 6.33. The molecule has 0 spiro atoms. The minimum absolute atomic E-state index is 0.469. The molecule has 2 rings (SSSR count). The smallest absolute Gasteiger partial charge is 0.147 e. The lowest BCUT2D eigenvalue weighted by atomic mass is 10.1. The molecule has 0 aliphatic heterocycles. The zero-order chi connectivity index (χ0) is 14.5. The monoisotopic (exact) mass is 295 g/mol. The molecule has 0 unspecified atom stereocenters. The Morgan fingerprint density at radius 3 is 2.70 bits per heavy atom. The number of hydrogen-bond donors (Lipinski definition) is 1. The second-order valence-electron chi connectivity index (χ2n) is 6.13. The van der Waals surface area contributed by atoms with E-state index in [1.54, 1.807) is 0 Å². The molecule has 1 heterocycles. The fourth-order valence-electron chi connectivity index (χ4n) is 2.90. The predicted molar refractivity (Wildman–Crippen MR) is 86.2 cm³/mol. The molecule has 3 nitrogen and oxygen atoms in total. The molecular formula is C16H26ClN3. The first-order valence-electron chi connectivity index (χ1n) is 7.73. The van der Waals surface area contributed by atoms with Gasteiger partial charge in [-0.3, -0.25) is 0 Å². The van der Waals surface area contributed by atoms with Gasteiger partial charge in [-0.25, -0.2) is 4.98 Å². The van der Waals surface area contributed by atoms with Crippen LogP contribution in [0.25, 0.3) is 0 Å². The summed E-state index contributed by atoms with van der Waals surface area (Å²) in [7, 11) is 0. The fourth-order valence-corrected chi connectivity index (χ4v) is 3.20. The van der Waals surface area contributed by atoms with Crippen molar-refractivity contribution in [1.29, 1.82) is 0 Å². The van der Waals surface area contributed by atoms with Crippen molar-refractivity contribution < 1.29 is 0 Å². The molecule has 1 aliphatic rings. The maximum absolute atomic E-state index is 6.51. The van der Waals surface area contributed by atoms with Gasteiger partial charge in [-0.15, -0.1) is 0 Å². The van der Waals surface area contributed by atoms with Crippen molar-refractivity contribution in [3.63, 3.8) is 0 Å². The SMILES string of the molecule is CC(C)CCN(c1nccc(CN)c1Cl)C1CCCC1. The Bertz CT molecular complexity index is 428. The highest BCUT2D eigenvalue weighted by atomic mass is 35.5. The van der Waals surface area contributed by atoms with Gasteiger partial charge in [-0.2, -0.15) is 0 Å². The second kappa shape index (κ2) is 7.28. The van der Waals surface area contributed by atoms with E-state index in [-0.39, 0.29) is 0 Å². The number of anilines is 1. The topological polar surface area (TPSA) is 42.2 Å². The molecule has 2 N–H and O–H groups in total. The molecular weight excluding hydrogens is 270 g/mol. The summed E-state index contributed by atoms with van der Waals surface area (Å²) in [6.45, 7) is 6.02. The van der Waals surface area contributed by atoms with Crippen LogP contribution in [0.4, 0.5) is 5.82 Å². The van der Waals surface area contributed by atoms with E-state index in [4.69, 9.17) is 17.3 Å². The van der Waals surface area contributed by atoms with Gasteiger partial charge in [-0.1, -0.05) is 38.3 Å². The van der Waals surface area contributed by atoms with E-state index in [0.29, 0.717) is 18.5 Å². The molecule has 1 aromatic heterocycles. The maximum atomic E-state index is 6.51. The summed E-state index contributed by atoms with van der Waals surface area (Å²) >= 11 is 6.51. The normalized spacial score (nSPS) is 16.1. The van der Waals surface area contributed by atoms with Gasteiger partial charge in [0.25, 0.3) is 0 Å². The Morgan fingerprint density at radius 2 is 2.10 bits per heavy atom. The Balaban J connectivity index is 2.25. The van der Waals surface area contributed by atoms with Gasteiger partial charge in [0.2, 0.25) is 0 Å². The van der Waals surface area contributed by atoms with Crippen LogP contribution >= 0.6 is 11.6 Å². The number of rotatable bonds is 6. The van der Waals surface area contributed by atoms with E-state index >= 15 is 0 Å². The van der Waals surface area contributed by atoms with Gasteiger partial charge in [-0.05, 0) is 36.8 Å². The Hall–Kier alpha value is -0.800. The predicted octanol–water partition coefficient (Wildman–Crippen LogP) is 3.99. The van der Waals surface area contributed by atoms with Crippen molar-refractivity contribution in [3.8, 4) is 0 Å². The molecule has 0 radical (unpaired) electrons. The van der Waals surface area contributed by atoms with E-state index < -0.39 is 0 Å². The molecule has 1 fully saturated rings. The van der Waals surface area contributed by atoms with Crippen LogP contribution in [0.3, 0.4) is 0 Å². The van der Waals surface area contributed by atoms with Crippen LogP contribution < -0.4 is 10.6 Å². The van der Waals surface area contributed by atoms with Crippen molar-refractivity contribution in [2.45, 2.75) is 58.5 Å². The third-order valence-corrected chi connectivity index (χ3v) is 4.57. The number of nitrogens with two attached hydrogens (primary N) is 1.